The molecule has 0 spiro atoms. The summed E-state index contributed by atoms with van der Waals surface area (Å²) in [6.07, 6.45) is 3.90. The molecule has 1 saturated carbocycles. The van der Waals surface area contributed by atoms with Gasteiger partial charge in [0, 0.05) is 11.6 Å². The predicted molar refractivity (Wildman–Crippen MR) is 48.6 cm³/mol. The predicted octanol–water partition coefficient (Wildman–Crippen LogP) is 1.63. The van der Waals surface area contributed by atoms with Gasteiger partial charge in [-0.25, -0.2) is 10.8 Å². The number of hydrazine groups is 1. The SMILES string of the molecule is NNc1cccc(C2CCC2)n1. The van der Waals surface area contributed by atoms with Crippen molar-refractivity contribution in [2.24, 2.45) is 5.84 Å². The van der Waals surface area contributed by atoms with Crippen molar-refractivity contribution in [2.45, 2.75) is 25.2 Å². The summed E-state index contributed by atoms with van der Waals surface area (Å²) in [6, 6.07) is 5.95. The van der Waals surface area contributed by atoms with Crippen molar-refractivity contribution in [3.8, 4) is 0 Å². The number of nitrogens with one attached hydrogen (secondary N) is 1. The van der Waals surface area contributed by atoms with Crippen LogP contribution in [-0.2, 0) is 0 Å². The van der Waals surface area contributed by atoms with E-state index < -0.39 is 0 Å². The highest BCUT2D eigenvalue weighted by molar-refractivity contribution is 5.34. The van der Waals surface area contributed by atoms with E-state index in [4.69, 9.17) is 5.84 Å². The van der Waals surface area contributed by atoms with E-state index in [2.05, 4.69) is 16.5 Å². The van der Waals surface area contributed by atoms with E-state index in [1.807, 2.05) is 12.1 Å². The lowest BCUT2D eigenvalue weighted by atomic mass is 9.83. The minimum atomic E-state index is 0.679. The maximum atomic E-state index is 5.27. The fraction of sp³-hybridized carbons (Fsp3) is 0.444. The Morgan fingerprint density at radius 1 is 1.42 bits per heavy atom. The molecule has 0 atom stereocenters. The summed E-state index contributed by atoms with van der Waals surface area (Å²) in [5.74, 6) is 6.71. The summed E-state index contributed by atoms with van der Waals surface area (Å²) in [5, 5.41) is 0. The Bertz CT molecular complexity index is 268. The first-order chi connectivity index (χ1) is 5.90. The number of hydrogen-bond donors (Lipinski definition) is 2. The average molecular weight is 163 g/mol. The van der Waals surface area contributed by atoms with Crippen molar-refractivity contribution in [2.75, 3.05) is 5.43 Å². The summed E-state index contributed by atoms with van der Waals surface area (Å²) < 4.78 is 0. The molecule has 0 unspecified atom stereocenters. The average Bonchev–Trinajstić information content (AvgIpc) is 2.02. The van der Waals surface area contributed by atoms with Crippen LogP contribution in [0.25, 0.3) is 0 Å². The van der Waals surface area contributed by atoms with E-state index in [9.17, 15) is 0 Å². The molecule has 0 amide bonds. The summed E-state index contributed by atoms with van der Waals surface area (Å²) in [5.41, 5.74) is 3.74. The molecule has 1 heterocycles. The van der Waals surface area contributed by atoms with Crippen molar-refractivity contribution in [3.63, 3.8) is 0 Å². The second-order valence-corrected chi connectivity index (χ2v) is 3.22. The molecule has 1 aromatic rings. The van der Waals surface area contributed by atoms with Crippen LogP contribution in [0.2, 0.25) is 0 Å². The molecule has 0 radical (unpaired) electrons. The highest BCUT2D eigenvalue weighted by Crippen LogP contribution is 2.35. The fourth-order valence-electron chi connectivity index (χ4n) is 1.46. The molecular formula is C9H13N3. The van der Waals surface area contributed by atoms with E-state index in [1.165, 1.54) is 25.0 Å². The van der Waals surface area contributed by atoms with Gasteiger partial charge in [-0.05, 0) is 25.0 Å². The number of pyridine rings is 1. The Morgan fingerprint density at radius 3 is 2.83 bits per heavy atom. The lowest BCUT2D eigenvalue weighted by Crippen LogP contribution is -2.13. The number of nitrogens with two attached hydrogens (primary N) is 1. The van der Waals surface area contributed by atoms with E-state index in [-0.39, 0.29) is 0 Å². The van der Waals surface area contributed by atoms with E-state index >= 15 is 0 Å². The van der Waals surface area contributed by atoms with Crippen LogP contribution in [0, 0.1) is 0 Å². The third-order valence-electron chi connectivity index (χ3n) is 2.44. The van der Waals surface area contributed by atoms with E-state index in [1.54, 1.807) is 0 Å². The third kappa shape index (κ3) is 1.28. The number of hydrogen-bond acceptors (Lipinski definition) is 3. The second-order valence-electron chi connectivity index (χ2n) is 3.22. The zero-order valence-corrected chi connectivity index (χ0v) is 6.96. The van der Waals surface area contributed by atoms with Crippen LogP contribution >= 0.6 is 0 Å². The molecule has 0 bridgehead atoms. The first-order valence-electron chi connectivity index (χ1n) is 4.34. The maximum absolute atomic E-state index is 5.27. The summed E-state index contributed by atoms with van der Waals surface area (Å²) >= 11 is 0. The van der Waals surface area contributed by atoms with E-state index in [0.717, 1.165) is 5.82 Å². The van der Waals surface area contributed by atoms with Crippen molar-refractivity contribution in [3.05, 3.63) is 23.9 Å². The zero-order valence-electron chi connectivity index (χ0n) is 6.96. The standard InChI is InChI=1S/C9H13N3/c10-12-9-6-2-5-8(11-9)7-3-1-4-7/h2,5-7H,1,3-4,10H2,(H,11,12). The number of anilines is 1. The Labute approximate surface area is 72.0 Å². The molecule has 0 aliphatic heterocycles. The fourth-order valence-corrected chi connectivity index (χ4v) is 1.46. The number of rotatable bonds is 2. The molecule has 1 fully saturated rings. The van der Waals surface area contributed by atoms with Crippen LogP contribution in [0.5, 0.6) is 0 Å². The highest BCUT2D eigenvalue weighted by atomic mass is 15.2. The molecule has 2 rings (SSSR count). The third-order valence-corrected chi connectivity index (χ3v) is 2.44. The molecule has 0 aromatic carbocycles. The minimum absolute atomic E-state index is 0.679. The lowest BCUT2D eigenvalue weighted by Gasteiger charge is -2.24. The molecule has 3 nitrogen and oxygen atoms in total. The van der Waals surface area contributed by atoms with Gasteiger partial charge in [-0.1, -0.05) is 12.5 Å². The van der Waals surface area contributed by atoms with Crippen molar-refractivity contribution in [1.29, 1.82) is 0 Å². The van der Waals surface area contributed by atoms with Crippen LogP contribution in [0.15, 0.2) is 18.2 Å². The second kappa shape index (κ2) is 3.11. The smallest absolute Gasteiger partial charge is 0.140 e. The van der Waals surface area contributed by atoms with Gasteiger partial charge in [-0.2, -0.15) is 0 Å². The normalized spacial score (nSPS) is 17.1. The molecule has 3 N–H and O–H groups in total. The highest BCUT2D eigenvalue weighted by Gasteiger charge is 2.20. The van der Waals surface area contributed by atoms with Crippen molar-refractivity contribution in [1.82, 2.24) is 4.98 Å². The molecular weight excluding hydrogens is 150 g/mol. The monoisotopic (exact) mass is 163 g/mol. The summed E-state index contributed by atoms with van der Waals surface area (Å²) in [7, 11) is 0. The van der Waals surface area contributed by atoms with Crippen LogP contribution in [0.3, 0.4) is 0 Å². The van der Waals surface area contributed by atoms with Crippen molar-refractivity contribution >= 4 is 5.82 Å². The van der Waals surface area contributed by atoms with Crippen LogP contribution in [-0.4, -0.2) is 4.98 Å². The summed E-state index contributed by atoms with van der Waals surface area (Å²) in [4.78, 5) is 4.38. The van der Waals surface area contributed by atoms with Crippen LogP contribution in [0.4, 0.5) is 5.82 Å². The van der Waals surface area contributed by atoms with E-state index in [0.29, 0.717) is 5.92 Å². The Hall–Kier alpha value is -1.09. The van der Waals surface area contributed by atoms with Crippen molar-refractivity contribution < 1.29 is 0 Å². The lowest BCUT2D eigenvalue weighted by molar-refractivity contribution is 0.411. The van der Waals surface area contributed by atoms with Gasteiger partial charge < -0.3 is 5.43 Å². The number of nitrogen functional groups attached to an aromatic ring is 1. The first kappa shape index (κ1) is 7.55. The van der Waals surface area contributed by atoms with Gasteiger partial charge in [-0.15, -0.1) is 0 Å². The number of nitrogens with zero attached hydrogens (tertiary/aromatic N) is 1. The Balaban J connectivity index is 2.19. The van der Waals surface area contributed by atoms with Gasteiger partial charge in [0.1, 0.15) is 5.82 Å². The van der Waals surface area contributed by atoms with Gasteiger partial charge in [0.15, 0.2) is 0 Å². The largest absolute Gasteiger partial charge is 0.308 e. The van der Waals surface area contributed by atoms with Crippen LogP contribution in [0.1, 0.15) is 30.9 Å². The quantitative estimate of drug-likeness (QED) is 0.514. The molecule has 1 aromatic heterocycles. The summed E-state index contributed by atoms with van der Waals surface area (Å²) in [6.45, 7) is 0. The molecule has 0 saturated heterocycles. The Morgan fingerprint density at radius 2 is 2.25 bits per heavy atom. The van der Waals surface area contributed by atoms with Gasteiger partial charge in [0.2, 0.25) is 0 Å². The molecule has 1 aliphatic rings. The topological polar surface area (TPSA) is 50.9 Å². The maximum Gasteiger partial charge on any atom is 0.140 e. The van der Waals surface area contributed by atoms with Gasteiger partial charge in [-0.3, -0.25) is 0 Å². The molecule has 1 aliphatic carbocycles. The number of aromatic nitrogens is 1. The molecule has 12 heavy (non-hydrogen) atoms. The van der Waals surface area contributed by atoms with Gasteiger partial charge in [0.05, 0.1) is 0 Å². The van der Waals surface area contributed by atoms with Crippen LogP contribution < -0.4 is 11.3 Å². The Kier molecular flexibility index (Phi) is 1.96. The molecule has 64 valence electrons. The minimum Gasteiger partial charge on any atom is -0.308 e. The van der Waals surface area contributed by atoms with Gasteiger partial charge >= 0.3 is 0 Å². The zero-order chi connectivity index (χ0) is 8.39. The first-order valence-corrected chi connectivity index (χ1v) is 4.34. The molecule has 3 heteroatoms. The van der Waals surface area contributed by atoms with Gasteiger partial charge in [0.25, 0.3) is 0 Å².